The zero-order chi connectivity index (χ0) is 14.3. The molecule has 5 heteroatoms. The van der Waals surface area contributed by atoms with Gasteiger partial charge in [-0.3, -0.25) is 4.79 Å². The van der Waals surface area contributed by atoms with Crippen molar-refractivity contribution in [2.75, 3.05) is 26.8 Å². The zero-order valence-corrected chi connectivity index (χ0v) is 12.3. The summed E-state index contributed by atoms with van der Waals surface area (Å²) in [5.41, 5.74) is -0.486. The van der Waals surface area contributed by atoms with Crippen LogP contribution in [0.15, 0.2) is 0 Å². The lowest BCUT2D eigenvalue weighted by atomic mass is 10.2. The molecule has 0 unspecified atom stereocenters. The Hall–Kier alpha value is -1.10. The molecule has 0 rings (SSSR count). The molecule has 0 aromatic rings. The van der Waals surface area contributed by atoms with Gasteiger partial charge in [0.15, 0.2) is 5.78 Å². The zero-order valence-electron chi connectivity index (χ0n) is 12.3. The lowest BCUT2D eigenvalue weighted by Crippen LogP contribution is -2.37. The first kappa shape index (κ1) is 16.9. The van der Waals surface area contributed by atoms with Crippen LogP contribution in [0.25, 0.3) is 0 Å². The van der Waals surface area contributed by atoms with Crippen LogP contribution in [-0.2, 0) is 14.3 Å². The van der Waals surface area contributed by atoms with Crippen molar-refractivity contribution in [3.63, 3.8) is 0 Å². The Kier molecular flexibility index (Phi) is 6.91. The van der Waals surface area contributed by atoms with Crippen LogP contribution in [-0.4, -0.2) is 49.2 Å². The van der Waals surface area contributed by atoms with E-state index >= 15 is 0 Å². The lowest BCUT2D eigenvalue weighted by molar-refractivity contribution is -0.121. The van der Waals surface area contributed by atoms with Crippen LogP contribution < -0.4 is 0 Å². The van der Waals surface area contributed by atoms with Crippen LogP contribution in [0.5, 0.6) is 0 Å². The Morgan fingerprint density at radius 3 is 2.28 bits per heavy atom. The van der Waals surface area contributed by atoms with E-state index in [1.807, 2.05) is 27.7 Å². The predicted molar refractivity (Wildman–Crippen MR) is 69.5 cm³/mol. The Morgan fingerprint density at radius 1 is 1.28 bits per heavy atom. The summed E-state index contributed by atoms with van der Waals surface area (Å²) < 4.78 is 10.4. The summed E-state index contributed by atoms with van der Waals surface area (Å²) in [7, 11) is 1.69. The highest BCUT2D eigenvalue weighted by atomic mass is 16.6. The highest BCUT2D eigenvalue weighted by Gasteiger charge is 2.20. The van der Waals surface area contributed by atoms with E-state index in [-0.39, 0.29) is 24.4 Å². The van der Waals surface area contributed by atoms with Gasteiger partial charge in [-0.15, -0.1) is 0 Å². The van der Waals surface area contributed by atoms with Gasteiger partial charge in [0.05, 0.1) is 6.61 Å². The van der Waals surface area contributed by atoms with Crippen LogP contribution >= 0.6 is 0 Å². The van der Waals surface area contributed by atoms with E-state index < -0.39 is 5.60 Å². The number of Topliss-reactive ketones (excluding diaryl/α,β-unsaturated/α-hetero) is 1. The summed E-state index contributed by atoms with van der Waals surface area (Å²) in [6.07, 6.45) is -0.346. The van der Waals surface area contributed by atoms with Gasteiger partial charge in [0.2, 0.25) is 0 Å². The van der Waals surface area contributed by atoms with Crippen LogP contribution in [0, 0.1) is 5.92 Å². The van der Waals surface area contributed by atoms with Crippen molar-refractivity contribution in [1.82, 2.24) is 4.90 Å². The van der Waals surface area contributed by atoms with Crippen molar-refractivity contribution >= 4 is 11.9 Å². The fourth-order valence-corrected chi connectivity index (χ4v) is 1.34. The van der Waals surface area contributed by atoms with Crippen molar-refractivity contribution in [3.8, 4) is 0 Å². The number of hydrogen-bond donors (Lipinski definition) is 0. The molecular formula is C13H25NO4. The van der Waals surface area contributed by atoms with Gasteiger partial charge in [-0.2, -0.15) is 0 Å². The lowest BCUT2D eigenvalue weighted by Gasteiger charge is -2.26. The molecule has 1 amide bonds. The molecule has 106 valence electrons. The number of ketones is 1. The van der Waals surface area contributed by atoms with Gasteiger partial charge in [0.25, 0.3) is 0 Å². The summed E-state index contributed by atoms with van der Waals surface area (Å²) in [6, 6.07) is 0. The van der Waals surface area contributed by atoms with Crippen LogP contribution in [0.1, 0.15) is 34.6 Å². The second-order valence-electron chi connectivity index (χ2n) is 5.68. The SMILES string of the molecule is CC(=O)COC[C@H](C)CN(C)C(=O)OC(C)(C)C. The maximum Gasteiger partial charge on any atom is 0.410 e. The third-order valence-corrected chi connectivity index (χ3v) is 2.00. The molecule has 0 aliphatic heterocycles. The molecule has 0 aliphatic carbocycles. The topological polar surface area (TPSA) is 55.8 Å². The van der Waals surface area contributed by atoms with Crippen LogP contribution in [0.2, 0.25) is 0 Å². The third kappa shape index (κ3) is 8.98. The molecule has 1 atom stereocenters. The number of hydrogen-bond acceptors (Lipinski definition) is 4. The van der Waals surface area contributed by atoms with E-state index in [0.717, 1.165) is 0 Å². The van der Waals surface area contributed by atoms with Gasteiger partial charge in [-0.1, -0.05) is 6.92 Å². The smallest absolute Gasteiger partial charge is 0.410 e. The predicted octanol–water partition coefficient (Wildman–Crippen LogP) is 2.10. The maximum atomic E-state index is 11.7. The highest BCUT2D eigenvalue weighted by Crippen LogP contribution is 2.10. The number of nitrogens with zero attached hydrogens (tertiary/aromatic N) is 1. The van der Waals surface area contributed by atoms with E-state index in [2.05, 4.69) is 0 Å². The fourth-order valence-electron chi connectivity index (χ4n) is 1.34. The maximum absolute atomic E-state index is 11.7. The molecule has 0 radical (unpaired) electrons. The first-order chi connectivity index (χ1) is 8.11. The molecule has 0 saturated heterocycles. The van der Waals surface area contributed by atoms with Crippen molar-refractivity contribution in [2.45, 2.75) is 40.2 Å². The fraction of sp³-hybridized carbons (Fsp3) is 0.846. The van der Waals surface area contributed by atoms with E-state index in [1.54, 1.807) is 7.05 Å². The average Bonchev–Trinajstić information content (AvgIpc) is 2.13. The van der Waals surface area contributed by atoms with E-state index in [1.165, 1.54) is 11.8 Å². The molecule has 0 aromatic carbocycles. The van der Waals surface area contributed by atoms with Gasteiger partial charge in [0.1, 0.15) is 12.2 Å². The van der Waals surface area contributed by atoms with E-state index in [9.17, 15) is 9.59 Å². The number of ether oxygens (including phenoxy) is 2. The second-order valence-corrected chi connectivity index (χ2v) is 5.68. The summed E-state index contributed by atoms with van der Waals surface area (Å²) in [4.78, 5) is 23.9. The number of carbonyl (C=O) groups excluding carboxylic acids is 2. The van der Waals surface area contributed by atoms with Crippen molar-refractivity contribution in [1.29, 1.82) is 0 Å². The average molecular weight is 259 g/mol. The largest absolute Gasteiger partial charge is 0.444 e. The van der Waals surface area contributed by atoms with Gasteiger partial charge < -0.3 is 14.4 Å². The standard InChI is InChI=1S/C13H25NO4/c1-10(8-17-9-11(2)15)7-14(6)12(16)18-13(3,4)5/h10H,7-9H2,1-6H3/t10-/m1/s1. The highest BCUT2D eigenvalue weighted by molar-refractivity contribution is 5.76. The molecule has 0 spiro atoms. The summed E-state index contributed by atoms with van der Waals surface area (Å²) in [5, 5.41) is 0. The van der Waals surface area contributed by atoms with Crippen molar-refractivity contribution in [3.05, 3.63) is 0 Å². The molecule has 0 heterocycles. The summed E-state index contributed by atoms with van der Waals surface area (Å²) in [5.74, 6) is 0.157. The molecule has 5 nitrogen and oxygen atoms in total. The monoisotopic (exact) mass is 259 g/mol. The molecule has 0 N–H and O–H groups in total. The molecule has 0 saturated carbocycles. The summed E-state index contributed by atoms with van der Waals surface area (Å²) in [6.45, 7) is 10.0. The Bertz CT molecular complexity index is 283. The van der Waals surface area contributed by atoms with Crippen molar-refractivity contribution in [2.24, 2.45) is 5.92 Å². The Morgan fingerprint density at radius 2 is 1.83 bits per heavy atom. The molecule has 18 heavy (non-hydrogen) atoms. The molecule has 0 fully saturated rings. The van der Waals surface area contributed by atoms with Crippen LogP contribution in [0.4, 0.5) is 4.79 Å². The first-order valence-electron chi connectivity index (χ1n) is 6.13. The first-order valence-corrected chi connectivity index (χ1v) is 6.13. The van der Waals surface area contributed by atoms with Crippen molar-refractivity contribution < 1.29 is 19.1 Å². The molecular weight excluding hydrogens is 234 g/mol. The number of carbonyl (C=O) groups is 2. The van der Waals surface area contributed by atoms with Gasteiger partial charge in [-0.05, 0) is 33.6 Å². The number of amides is 1. The van der Waals surface area contributed by atoms with E-state index in [0.29, 0.717) is 13.2 Å². The van der Waals surface area contributed by atoms with Crippen LogP contribution in [0.3, 0.4) is 0 Å². The van der Waals surface area contributed by atoms with Gasteiger partial charge >= 0.3 is 6.09 Å². The number of rotatable bonds is 6. The quantitative estimate of drug-likeness (QED) is 0.733. The van der Waals surface area contributed by atoms with Gasteiger partial charge in [-0.25, -0.2) is 4.79 Å². The summed E-state index contributed by atoms with van der Waals surface area (Å²) >= 11 is 0. The minimum absolute atomic E-state index is 0.00250. The third-order valence-electron chi connectivity index (χ3n) is 2.00. The minimum atomic E-state index is -0.486. The van der Waals surface area contributed by atoms with E-state index in [4.69, 9.17) is 9.47 Å². The minimum Gasteiger partial charge on any atom is -0.444 e. The normalized spacial score (nSPS) is 13.0. The molecule has 0 aromatic heterocycles. The molecule has 0 bridgehead atoms. The second kappa shape index (κ2) is 7.36. The molecule has 0 aliphatic rings. The van der Waals surface area contributed by atoms with Gasteiger partial charge in [0, 0.05) is 13.6 Å². The Labute approximate surface area is 109 Å². The Balaban J connectivity index is 3.95.